The number of unbranched alkanes of at least 4 members (excludes halogenated alkanes) is 9. The Bertz CT molecular complexity index is 397. The first-order valence-corrected chi connectivity index (χ1v) is 9.15. The average molecular weight is 288 g/mol. The largest absolute Gasteiger partial charge is 0.493 e. The molecule has 1 aromatic rings. The quantitative estimate of drug-likeness (QED) is 0.448. The molecule has 1 aliphatic heterocycles. The van der Waals surface area contributed by atoms with Gasteiger partial charge < -0.3 is 4.74 Å². The minimum Gasteiger partial charge on any atom is -0.493 e. The Morgan fingerprint density at radius 3 is 2.24 bits per heavy atom. The Balaban J connectivity index is 1.50. The second kappa shape index (κ2) is 9.87. The number of hydrogen-bond acceptors (Lipinski definition) is 1. The Kier molecular flexibility index (Phi) is 7.70. The number of ether oxygens (including phenoxy) is 1. The highest BCUT2D eigenvalue weighted by Crippen LogP contribution is 2.29. The second-order valence-electron chi connectivity index (χ2n) is 6.42. The predicted molar refractivity (Wildman–Crippen MR) is 91.2 cm³/mol. The van der Waals surface area contributed by atoms with E-state index in [-0.39, 0.29) is 0 Å². The van der Waals surface area contributed by atoms with Gasteiger partial charge in [0.25, 0.3) is 0 Å². The smallest absolute Gasteiger partial charge is 0.122 e. The summed E-state index contributed by atoms with van der Waals surface area (Å²) in [6.07, 6.45) is 16.5. The van der Waals surface area contributed by atoms with Crippen LogP contribution in [0.5, 0.6) is 5.75 Å². The van der Waals surface area contributed by atoms with Crippen LogP contribution in [0.3, 0.4) is 0 Å². The molecule has 0 bridgehead atoms. The van der Waals surface area contributed by atoms with Crippen LogP contribution in [0.2, 0.25) is 0 Å². The molecule has 0 atom stereocenters. The van der Waals surface area contributed by atoms with Crippen molar-refractivity contribution in [1.82, 2.24) is 0 Å². The van der Waals surface area contributed by atoms with Gasteiger partial charge in [-0.05, 0) is 24.5 Å². The summed E-state index contributed by atoms with van der Waals surface area (Å²) in [5, 5.41) is 0. The van der Waals surface area contributed by atoms with Gasteiger partial charge in [0.05, 0.1) is 6.61 Å². The maximum absolute atomic E-state index is 5.64. The van der Waals surface area contributed by atoms with Crippen LogP contribution in [0.1, 0.15) is 82.3 Å². The van der Waals surface area contributed by atoms with Crippen molar-refractivity contribution in [3.8, 4) is 5.75 Å². The van der Waals surface area contributed by atoms with Crippen LogP contribution in [-0.4, -0.2) is 6.61 Å². The molecular weight excluding hydrogens is 256 g/mol. The van der Waals surface area contributed by atoms with E-state index in [9.17, 15) is 0 Å². The van der Waals surface area contributed by atoms with Crippen LogP contribution in [-0.2, 0) is 12.8 Å². The molecule has 2 rings (SSSR count). The van der Waals surface area contributed by atoms with Crippen molar-refractivity contribution in [3.05, 3.63) is 29.3 Å². The summed E-state index contributed by atoms with van der Waals surface area (Å²) in [7, 11) is 0. The molecule has 1 heterocycles. The number of rotatable bonds is 11. The van der Waals surface area contributed by atoms with Crippen LogP contribution in [0.15, 0.2) is 18.2 Å². The zero-order valence-corrected chi connectivity index (χ0v) is 13.8. The molecule has 0 aromatic heterocycles. The molecule has 0 saturated carbocycles. The molecule has 1 aromatic carbocycles. The van der Waals surface area contributed by atoms with Gasteiger partial charge in [0.1, 0.15) is 5.75 Å². The van der Waals surface area contributed by atoms with E-state index in [0.29, 0.717) is 0 Å². The van der Waals surface area contributed by atoms with Gasteiger partial charge in [-0.1, -0.05) is 76.8 Å². The van der Waals surface area contributed by atoms with E-state index in [1.54, 1.807) is 0 Å². The highest BCUT2D eigenvalue weighted by atomic mass is 16.5. The molecule has 0 radical (unpaired) electrons. The van der Waals surface area contributed by atoms with Crippen LogP contribution in [0.4, 0.5) is 0 Å². The van der Waals surface area contributed by atoms with Crippen molar-refractivity contribution in [2.45, 2.75) is 84.0 Å². The third-order valence-corrected chi connectivity index (χ3v) is 4.64. The molecule has 0 saturated heterocycles. The summed E-state index contributed by atoms with van der Waals surface area (Å²) >= 11 is 0. The molecule has 0 fully saturated rings. The van der Waals surface area contributed by atoms with Gasteiger partial charge in [0.15, 0.2) is 0 Å². The third-order valence-electron chi connectivity index (χ3n) is 4.64. The van der Waals surface area contributed by atoms with Gasteiger partial charge in [0.2, 0.25) is 0 Å². The molecule has 21 heavy (non-hydrogen) atoms. The molecule has 0 amide bonds. The first-order valence-electron chi connectivity index (χ1n) is 9.15. The fourth-order valence-electron chi connectivity index (χ4n) is 3.33. The van der Waals surface area contributed by atoms with Crippen LogP contribution < -0.4 is 4.74 Å². The molecule has 0 N–H and O–H groups in total. The standard InChI is InChI=1S/C20H32O/c1-2-3-4-5-6-7-8-9-10-11-13-18-14-12-15-20-19(18)16-17-21-20/h12,14-15H,2-11,13,16-17H2,1H3. The zero-order valence-electron chi connectivity index (χ0n) is 13.8. The Morgan fingerprint density at radius 1 is 0.857 bits per heavy atom. The van der Waals surface area contributed by atoms with Gasteiger partial charge in [-0.3, -0.25) is 0 Å². The van der Waals surface area contributed by atoms with Gasteiger partial charge in [-0.25, -0.2) is 0 Å². The molecule has 0 aliphatic carbocycles. The van der Waals surface area contributed by atoms with E-state index < -0.39 is 0 Å². The van der Waals surface area contributed by atoms with Crippen molar-refractivity contribution < 1.29 is 4.74 Å². The minimum absolute atomic E-state index is 0.879. The molecule has 0 unspecified atom stereocenters. The number of fused-ring (bicyclic) bond motifs is 1. The Labute approximate surface area is 131 Å². The third kappa shape index (κ3) is 5.73. The summed E-state index contributed by atoms with van der Waals surface area (Å²) in [5.74, 6) is 1.14. The summed E-state index contributed by atoms with van der Waals surface area (Å²) in [4.78, 5) is 0. The highest BCUT2D eigenvalue weighted by Gasteiger charge is 2.14. The zero-order chi connectivity index (χ0) is 14.8. The van der Waals surface area contributed by atoms with Gasteiger partial charge in [-0.2, -0.15) is 0 Å². The van der Waals surface area contributed by atoms with Crippen LogP contribution in [0, 0.1) is 0 Å². The highest BCUT2D eigenvalue weighted by molar-refractivity contribution is 5.42. The van der Waals surface area contributed by atoms with Gasteiger partial charge >= 0.3 is 0 Å². The number of benzene rings is 1. The minimum atomic E-state index is 0.879. The topological polar surface area (TPSA) is 9.23 Å². The molecule has 0 spiro atoms. The molecule has 1 heteroatoms. The maximum Gasteiger partial charge on any atom is 0.122 e. The summed E-state index contributed by atoms with van der Waals surface area (Å²) in [6, 6.07) is 6.56. The van der Waals surface area contributed by atoms with Gasteiger partial charge in [-0.15, -0.1) is 0 Å². The summed E-state index contributed by atoms with van der Waals surface area (Å²) < 4.78 is 5.64. The Morgan fingerprint density at radius 2 is 1.52 bits per heavy atom. The lowest BCUT2D eigenvalue weighted by molar-refractivity contribution is 0.357. The molecule has 1 nitrogen and oxygen atoms in total. The van der Waals surface area contributed by atoms with Crippen molar-refractivity contribution in [3.63, 3.8) is 0 Å². The fourth-order valence-corrected chi connectivity index (χ4v) is 3.33. The number of aryl methyl sites for hydroxylation is 1. The predicted octanol–water partition coefficient (Wildman–Crippen LogP) is 6.08. The van der Waals surface area contributed by atoms with Crippen molar-refractivity contribution >= 4 is 0 Å². The van der Waals surface area contributed by atoms with E-state index in [2.05, 4.69) is 25.1 Å². The number of hydrogen-bond donors (Lipinski definition) is 0. The van der Waals surface area contributed by atoms with Gasteiger partial charge in [0, 0.05) is 12.0 Å². The maximum atomic E-state index is 5.64. The molecule has 1 aliphatic rings. The second-order valence-corrected chi connectivity index (χ2v) is 6.42. The lowest BCUT2D eigenvalue weighted by Gasteiger charge is -2.07. The lowest BCUT2D eigenvalue weighted by Crippen LogP contribution is -1.92. The normalized spacial score (nSPS) is 13.2. The van der Waals surface area contributed by atoms with E-state index in [1.807, 2.05) is 0 Å². The summed E-state index contributed by atoms with van der Waals surface area (Å²) in [5.41, 5.74) is 3.01. The SMILES string of the molecule is CCCCCCCCCCCCc1cccc2c1CCO2. The monoisotopic (exact) mass is 288 g/mol. The fraction of sp³-hybridized carbons (Fsp3) is 0.700. The average Bonchev–Trinajstić information content (AvgIpc) is 2.98. The molecular formula is C20H32O. The van der Waals surface area contributed by atoms with Crippen LogP contribution >= 0.6 is 0 Å². The van der Waals surface area contributed by atoms with E-state index in [1.165, 1.54) is 81.8 Å². The van der Waals surface area contributed by atoms with Crippen molar-refractivity contribution in [2.75, 3.05) is 6.61 Å². The molecule has 118 valence electrons. The lowest BCUT2D eigenvalue weighted by atomic mass is 9.99. The summed E-state index contributed by atoms with van der Waals surface area (Å²) in [6.45, 7) is 3.17. The first kappa shape index (κ1) is 16.4. The van der Waals surface area contributed by atoms with Crippen LogP contribution in [0.25, 0.3) is 0 Å². The van der Waals surface area contributed by atoms with E-state index >= 15 is 0 Å². The van der Waals surface area contributed by atoms with Crippen molar-refractivity contribution in [2.24, 2.45) is 0 Å². The van der Waals surface area contributed by atoms with E-state index in [4.69, 9.17) is 4.74 Å². The van der Waals surface area contributed by atoms with Crippen molar-refractivity contribution in [1.29, 1.82) is 0 Å². The first-order chi connectivity index (χ1) is 10.4. The van der Waals surface area contributed by atoms with E-state index in [0.717, 1.165) is 18.8 Å². The Hall–Kier alpha value is -0.980.